The highest BCUT2D eigenvalue weighted by Gasteiger charge is 2.17. The number of nitrogens with one attached hydrogen (secondary N) is 1. The van der Waals surface area contributed by atoms with Crippen molar-refractivity contribution in [3.05, 3.63) is 105 Å². The minimum absolute atomic E-state index is 0.178. The number of hydrazone groups is 1. The van der Waals surface area contributed by atoms with E-state index in [-0.39, 0.29) is 11.1 Å². The quantitative estimate of drug-likeness (QED) is 0.197. The van der Waals surface area contributed by atoms with Crippen LogP contribution in [0.15, 0.2) is 104 Å². The van der Waals surface area contributed by atoms with Crippen molar-refractivity contribution in [2.45, 2.75) is 10.2 Å². The molecule has 5 aromatic rings. The van der Waals surface area contributed by atoms with Crippen molar-refractivity contribution in [1.82, 2.24) is 35.0 Å². The molecule has 0 radical (unpaired) electrons. The van der Waals surface area contributed by atoms with Crippen LogP contribution in [0.2, 0.25) is 0 Å². The van der Waals surface area contributed by atoms with Gasteiger partial charge in [0.15, 0.2) is 0 Å². The average molecular weight is 547 g/mol. The van der Waals surface area contributed by atoms with Crippen LogP contribution in [-0.2, 0) is 0 Å². The number of nitrogens with zero attached hydrogens (tertiary/aromatic N) is 7. The highest BCUT2D eigenvalue weighted by molar-refractivity contribution is 9.10. The van der Waals surface area contributed by atoms with Gasteiger partial charge in [0.25, 0.3) is 11.5 Å². The second-order valence-electron chi connectivity index (χ2n) is 7.08. The molecule has 172 valence electrons. The predicted molar refractivity (Wildman–Crippen MR) is 134 cm³/mol. The van der Waals surface area contributed by atoms with Crippen LogP contribution in [0.3, 0.4) is 0 Å². The molecule has 12 heteroatoms. The number of aromatic nitrogens is 6. The first-order chi connectivity index (χ1) is 17.1. The monoisotopic (exact) mass is 546 g/mol. The Morgan fingerprint density at radius 2 is 1.80 bits per heavy atom. The second kappa shape index (κ2) is 9.99. The lowest BCUT2D eigenvalue weighted by Crippen LogP contribution is -2.23. The lowest BCUT2D eigenvalue weighted by molar-refractivity contribution is 0.0955. The van der Waals surface area contributed by atoms with Gasteiger partial charge in [-0.3, -0.25) is 14.0 Å². The van der Waals surface area contributed by atoms with Gasteiger partial charge in [0, 0.05) is 16.2 Å². The van der Waals surface area contributed by atoms with Crippen LogP contribution in [0.5, 0.6) is 0 Å². The molecule has 5 rings (SSSR count). The number of amides is 1. The van der Waals surface area contributed by atoms with Crippen LogP contribution < -0.4 is 11.0 Å². The van der Waals surface area contributed by atoms with Crippen molar-refractivity contribution in [3.8, 4) is 5.69 Å². The Labute approximate surface area is 210 Å². The Kier molecular flexibility index (Phi) is 6.46. The van der Waals surface area contributed by atoms with E-state index in [1.807, 2.05) is 30.3 Å². The summed E-state index contributed by atoms with van der Waals surface area (Å²) in [4.78, 5) is 30.3. The molecule has 0 aliphatic rings. The standard InChI is InChI=1S/C23H15BrN8O2S/c24-16-11-9-15(10-12-16)20(33)27-25-14-18-21(26-19-8-4-5-13-31(19)22(18)34)35-23-28-29-30-32(23)17-6-2-1-3-7-17/h1-14H,(H,27,33)/b25-14+. The smallest absolute Gasteiger partial charge is 0.268 e. The van der Waals surface area contributed by atoms with E-state index in [1.54, 1.807) is 53.3 Å². The molecular formula is C23H15BrN8O2S. The third-order valence-corrected chi connectivity index (χ3v) is 6.30. The average Bonchev–Trinajstić information content (AvgIpc) is 3.35. The molecule has 0 fully saturated rings. The first kappa shape index (κ1) is 22.6. The van der Waals surface area contributed by atoms with Gasteiger partial charge < -0.3 is 0 Å². The van der Waals surface area contributed by atoms with Crippen molar-refractivity contribution in [2.75, 3.05) is 0 Å². The molecule has 35 heavy (non-hydrogen) atoms. The number of tetrazole rings is 1. The third-order valence-electron chi connectivity index (χ3n) is 4.83. The Hall–Kier alpha value is -4.16. The number of para-hydroxylation sites is 1. The molecule has 1 amide bonds. The molecule has 3 aromatic heterocycles. The van der Waals surface area contributed by atoms with Gasteiger partial charge in [-0.1, -0.05) is 40.2 Å². The molecule has 2 aromatic carbocycles. The van der Waals surface area contributed by atoms with Crippen LogP contribution in [0.1, 0.15) is 15.9 Å². The lowest BCUT2D eigenvalue weighted by atomic mass is 10.2. The maximum Gasteiger partial charge on any atom is 0.271 e. The molecule has 3 heterocycles. The molecule has 1 N–H and O–H groups in total. The fourth-order valence-electron chi connectivity index (χ4n) is 3.15. The van der Waals surface area contributed by atoms with Gasteiger partial charge in [-0.05, 0) is 70.7 Å². The van der Waals surface area contributed by atoms with Gasteiger partial charge in [0.05, 0.1) is 17.5 Å². The summed E-state index contributed by atoms with van der Waals surface area (Å²) >= 11 is 4.46. The van der Waals surface area contributed by atoms with E-state index >= 15 is 0 Å². The van der Waals surface area contributed by atoms with Crippen molar-refractivity contribution in [1.29, 1.82) is 0 Å². The maximum absolute atomic E-state index is 13.3. The van der Waals surface area contributed by atoms with E-state index in [0.717, 1.165) is 21.9 Å². The largest absolute Gasteiger partial charge is 0.271 e. The zero-order chi connectivity index (χ0) is 24.2. The number of hydrogen-bond donors (Lipinski definition) is 1. The van der Waals surface area contributed by atoms with E-state index in [9.17, 15) is 9.59 Å². The molecular weight excluding hydrogens is 532 g/mol. The molecule has 0 aliphatic heterocycles. The van der Waals surface area contributed by atoms with Crippen LogP contribution in [0, 0.1) is 0 Å². The Balaban J connectivity index is 1.50. The molecule has 0 saturated heterocycles. The van der Waals surface area contributed by atoms with Crippen LogP contribution in [-0.4, -0.2) is 41.7 Å². The summed E-state index contributed by atoms with van der Waals surface area (Å²) in [6, 6.07) is 21.4. The summed E-state index contributed by atoms with van der Waals surface area (Å²) in [5.74, 6) is -0.412. The summed E-state index contributed by atoms with van der Waals surface area (Å²) in [6.07, 6.45) is 2.90. The zero-order valence-corrected chi connectivity index (χ0v) is 20.2. The number of benzene rings is 2. The first-order valence-corrected chi connectivity index (χ1v) is 11.8. The van der Waals surface area contributed by atoms with Crippen LogP contribution >= 0.6 is 27.7 Å². The topological polar surface area (TPSA) is 119 Å². The van der Waals surface area contributed by atoms with Gasteiger partial charge >= 0.3 is 0 Å². The number of carbonyl (C=O) groups is 1. The molecule has 0 saturated carbocycles. The summed E-state index contributed by atoms with van der Waals surface area (Å²) < 4.78 is 3.81. The zero-order valence-electron chi connectivity index (χ0n) is 17.8. The summed E-state index contributed by atoms with van der Waals surface area (Å²) in [5.41, 5.74) is 3.92. The second-order valence-corrected chi connectivity index (χ2v) is 8.95. The number of carbonyl (C=O) groups excluding carboxylic acids is 1. The molecule has 0 atom stereocenters. The van der Waals surface area contributed by atoms with Gasteiger partial charge in [-0.25, -0.2) is 10.4 Å². The van der Waals surface area contributed by atoms with Crippen LogP contribution in [0.4, 0.5) is 0 Å². The fraction of sp³-hybridized carbons (Fsp3) is 0. The number of hydrogen-bond acceptors (Lipinski definition) is 8. The molecule has 0 spiro atoms. The fourth-order valence-corrected chi connectivity index (χ4v) is 4.28. The first-order valence-electron chi connectivity index (χ1n) is 10.2. The van der Waals surface area contributed by atoms with E-state index in [4.69, 9.17) is 0 Å². The highest BCUT2D eigenvalue weighted by atomic mass is 79.9. The van der Waals surface area contributed by atoms with Gasteiger partial charge in [0.2, 0.25) is 5.16 Å². The SMILES string of the molecule is O=C(N/N=C/c1c(Sc2nnnn2-c2ccccc2)nc2ccccn2c1=O)c1ccc(Br)cc1. The van der Waals surface area contributed by atoms with Crippen molar-refractivity contribution < 1.29 is 4.79 Å². The third kappa shape index (κ3) is 4.88. The molecule has 10 nitrogen and oxygen atoms in total. The Bertz CT molecular complexity index is 1600. The van der Waals surface area contributed by atoms with Crippen molar-refractivity contribution in [3.63, 3.8) is 0 Å². The molecule has 0 aliphatic carbocycles. The Morgan fingerprint density at radius 3 is 2.60 bits per heavy atom. The summed E-state index contributed by atoms with van der Waals surface area (Å²) in [7, 11) is 0. The lowest BCUT2D eigenvalue weighted by Gasteiger charge is -2.08. The summed E-state index contributed by atoms with van der Waals surface area (Å²) in [5, 5.41) is 16.7. The highest BCUT2D eigenvalue weighted by Crippen LogP contribution is 2.27. The number of rotatable bonds is 6. The van der Waals surface area contributed by atoms with Crippen molar-refractivity contribution in [2.24, 2.45) is 5.10 Å². The van der Waals surface area contributed by atoms with E-state index in [2.05, 4.69) is 47.0 Å². The van der Waals surface area contributed by atoms with Gasteiger partial charge in [0.1, 0.15) is 10.7 Å². The van der Waals surface area contributed by atoms with Crippen LogP contribution in [0.25, 0.3) is 11.3 Å². The predicted octanol–water partition coefficient (Wildman–Crippen LogP) is 3.35. The number of pyridine rings is 1. The van der Waals surface area contributed by atoms with Gasteiger partial charge in [-0.15, -0.1) is 5.10 Å². The summed E-state index contributed by atoms with van der Waals surface area (Å²) in [6.45, 7) is 0. The van der Waals surface area contributed by atoms with Crippen molar-refractivity contribution >= 4 is 45.5 Å². The van der Waals surface area contributed by atoms with E-state index in [0.29, 0.717) is 21.4 Å². The molecule has 0 unspecified atom stereocenters. The maximum atomic E-state index is 13.3. The minimum Gasteiger partial charge on any atom is -0.268 e. The number of fused-ring (bicyclic) bond motifs is 1. The Morgan fingerprint density at radius 1 is 1.03 bits per heavy atom. The van der Waals surface area contributed by atoms with Gasteiger partial charge in [-0.2, -0.15) is 9.78 Å². The molecule has 0 bridgehead atoms. The van der Waals surface area contributed by atoms with E-state index < -0.39 is 5.91 Å². The van der Waals surface area contributed by atoms with E-state index in [1.165, 1.54) is 10.6 Å². The normalized spacial score (nSPS) is 11.2. The minimum atomic E-state index is -0.412. The number of halogens is 1.